The summed E-state index contributed by atoms with van der Waals surface area (Å²) in [5.41, 5.74) is 2.29. The Labute approximate surface area is 189 Å². The lowest BCUT2D eigenvalue weighted by Crippen LogP contribution is -2.50. The average molecular weight is 469 g/mol. The molecule has 0 saturated heterocycles. The molecule has 0 radical (unpaired) electrons. The molecule has 0 fully saturated rings. The predicted octanol–water partition coefficient (Wildman–Crippen LogP) is 3.71. The van der Waals surface area contributed by atoms with Crippen molar-refractivity contribution in [2.75, 3.05) is 30.8 Å². The number of ether oxygens (including phenoxy) is 2. The van der Waals surface area contributed by atoms with Gasteiger partial charge in [0.2, 0.25) is 15.9 Å². The van der Waals surface area contributed by atoms with E-state index < -0.39 is 22.0 Å². The maximum atomic E-state index is 12.9. The predicted molar refractivity (Wildman–Crippen MR) is 124 cm³/mol. The number of amides is 1. The summed E-state index contributed by atoms with van der Waals surface area (Å²) in [5, 5.41) is 3.10. The van der Waals surface area contributed by atoms with Crippen LogP contribution in [-0.4, -0.2) is 46.9 Å². The Morgan fingerprint density at radius 1 is 1.16 bits per heavy atom. The fourth-order valence-corrected chi connectivity index (χ4v) is 4.56. The van der Waals surface area contributed by atoms with Crippen molar-refractivity contribution in [3.63, 3.8) is 0 Å². The molecule has 0 aliphatic carbocycles. The molecule has 2 aromatic rings. The number of hydrogen-bond donors (Lipinski definition) is 1. The minimum absolute atomic E-state index is 0.214. The smallest absolute Gasteiger partial charge is 0.244 e. The van der Waals surface area contributed by atoms with Crippen LogP contribution >= 0.6 is 11.6 Å². The van der Waals surface area contributed by atoms with Crippen LogP contribution in [0.2, 0.25) is 5.02 Å². The van der Waals surface area contributed by atoms with Crippen LogP contribution in [0.3, 0.4) is 0 Å². The van der Waals surface area contributed by atoms with Crippen molar-refractivity contribution in [2.45, 2.75) is 33.2 Å². The summed E-state index contributed by atoms with van der Waals surface area (Å²) in [6.07, 6.45) is 1.30. The molecule has 7 nitrogen and oxygen atoms in total. The highest BCUT2D eigenvalue weighted by Crippen LogP contribution is 2.34. The largest absolute Gasteiger partial charge is 0.495 e. The Morgan fingerprint density at radius 2 is 1.87 bits per heavy atom. The second kappa shape index (κ2) is 10.7. The lowest BCUT2D eigenvalue weighted by Gasteiger charge is -2.31. The van der Waals surface area contributed by atoms with Crippen LogP contribution < -0.4 is 19.1 Å². The van der Waals surface area contributed by atoms with Crippen LogP contribution in [0.5, 0.6) is 11.5 Å². The molecule has 170 valence electrons. The number of sulfonamides is 1. The third kappa shape index (κ3) is 6.51. The van der Waals surface area contributed by atoms with Gasteiger partial charge in [0.1, 0.15) is 24.1 Å². The number of aryl methyl sites for hydroxylation is 2. The Kier molecular flexibility index (Phi) is 8.59. The number of methoxy groups -OCH3 is 1. The Hall–Kier alpha value is -2.45. The summed E-state index contributed by atoms with van der Waals surface area (Å²) in [7, 11) is -2.38. The van der Waals surface area contributed by atoms with Crippen LogP contribution in [0.1, 0.15) is 24.5 Å². The first-order valence-corrected chi connectivity index (χ1v) is 12.1. The second-order valence-corrected chi connectivity index (χ2v) is 9.50. The summed E-state index contributed by atoms with van der Waals surface area (Å²) >= 11 is 6.09. The van der Waals surface area contributed by atoms with Gasteiger partial charge in [0.25, 0.3) is 0 Å². The lowest BCUT2D eigenvalue weighted by atomic mass is 10.1. The molecule has 2 aromatic carbocycles. The number of carbonyl (C=O) groups excluding carboxylic acids is 1. The molecule has 9 heteroatoms. The van der Waals surface area contributed by atoms with E-state index in [1.807, 2.05) is 32.0 Å². The van der Waals surface area contributed by atoms with E-state index in [1.54, 1.807) is 19.1 Å². The van der Waals surface area contributed by atoms with E-state index in [4.69, 9.17) is 21.1 Å². The van der Waals surface area contributed by atoms with Crippen LogP contribution in [0.4, 0.5) is 5.69 Å². The summed E-state index contributed by atoms with van der Waals surface area (Å²) in [6.45, 7) is 6.15. The van der Waals surface area contributed by atoms with E-state index in [-0.39, 0.29) is 25.3 Å². The molecule has 0 heterocycles. The molecule has 0 aromatic heterocycles. The van der Waals surface area contributed by atoms with Gasteiger partial charge >= 0.3 is 0 Å². The maximum absolute atomic E-state index is 12.9. The number of hydrogen-bond acceptors (Lipinski definition) is 5. The van der Waals surface area contributed by atoms with Gasteiger partial charge in [0, 0.05) is 5.02 Å². The van der Waals surface area contributed by atoms with Gasteiger partial charge < -0.3 is 14.8 Å². The van der Waals surface area contributed by atoms with Crippen molar-refractivity contribution in [1.82, 2.24) is 5.32 Å². The Bertz CT molecular complexity index is 1030. The van der Waals surface area contributed by atoms with Crippen LogP contribution in [-0.2, 0) is 14.8 Å². The lowest BCUT2D eigenvalue weighted by molar-refractivity contribution is -0.122. The standard InChI is InChI=1S/C22H29ClN2O5S/c1-6-18(22(26)24-11-12-30-21-13-15(2)7-8-16(21)3)25(31(5,27)28)19-14-17(23)9-10-20(19)29-4/h7-10,13-14,18H,6,11-12H2,1-5H3,(H,24,26)/t18-/m0/s1. The van der Waals surface area contributed by atoms with Crippen LogP contribution in [0.15, 0.2) is 36.4 Å². The highest BCUT2D eigenvalue weighted by molar-refractivity contribution is 7.92. The first-order valence-electron chi connectivity index (χ1n) is 9.89. The molecular formula is C22H29ClN2O5S. The van der Waals surface area contributed by atoms with E-state index >= 15 is 0 Å². The fraction of sp³-hybridized carbons (Fsp3) is 0.409. The first kappa shape index (κ1) is 24.8. The summed E-state index contributed by atoms with van der Waals surface area (Å²) in [6, 6.07) is 9.57. The van der Waals surface area contributed by atoms with Crippen molar-refractivity contribution < 1.29 is 22.7 Å². The topological polar surface area (TPSA) is 84.9 Å². The average Bonchev–Trinajstić information content (AvgIpc) is 2.70. The molecule has 0 aliphatic heterocycles. The molecule has 2 rings (SSSR count). The highest BCUT2D eigenvalue weighted by atomic mass is 35.5. The fourth-order valence-electron chi connectivity index (χ4n) is 3.19. The highest BCUT2D eigenvalue weighted by Gasteiger charge is 2.33. The van der Waals surface area contributed by atoms with Gasteiger partial charge in [-0.1, -0.05) is 30.7 Å². The van der Waals surface area contributed by atoms with Gasteiger partial charge in [-0.2, -0.15) is 0 Å². The molecule has 0 aliphatic rings. The number of nitrogens with zero attached hydrogens (tertiary/aromatic N) is 1. The van der Waals surface area contributed by atoms with Gasteiger partial charge in [0.15, 0.2) is 0 Å². The Morgan fingerprint density at radius 3 is 2.48 bits per heavy atom. The van der Waals surface area contributed by atoms with Crippen molar-refractivity contribution in [3.8, 4) is 11.5 Å². The second-order valence-electron chi connectivity index (χ2n) is 7.21. The number of carbonyl (C=O) groups is 1. The summed E-state index contributed by atoms with van der Waals surface area (Å²) < 4.78 is 37.4. The van der Waals surface area contributed by atoms with Crippen molar-refractivity contribution in [1.29, 1.82) is 0 Å². The molecule has 1 amide bonds. The Balaban J connectivity index is 2.16. The molecule has 31 heavy (non-hydrogen) atoms. The molecule has 1 atom stereocenters. The molecule has 0 saturated carbocycles. The maximum Gasteiger partial charge on any atom is 0.244 e. The minimum atomic E-state index is -3.81. The first-order chi connectivity index (χ1) is 14.6. The number of halogens is 1. The zero-order chi connectivity index (χ0) is 23.2. The molecular weight excluding hydrogens is 440 g/mol. The quantitative estimate of drug-likeness (QED) is 0.537. The van der Waals surface area contributed by atoms with E-state index in [1.165, 1.54) is 13.2 Å². The third-order valence-electron chi connectivity index (χ3n) is 4.71. The van der Waals surface area contributed by atoms with Gasteiger partial charge in [0.05, 0.1) is 25.6 Å². The minimum Gasteiger partial charge on any atom is -0.495 e. The van der Waals surface area contributed by atoms with E-state index in [2.05, 4.69) is 5.32 Å². The van der Waals surface area contributed by atoms with Crippen molar-refractivity contribution >= 4 is 33.2 Å². The van der Waals surface area contributed by atoms with E-state index in [9.17, 15) is 13.2 Å². The van der Waals surface area contributed by atoms with Gasteiger partial charge in [-0.25, -0.2) is 8.42 Å². The van der Waals surface area contributed by atoms with Gasteiger partial charge in [-0.3, -0.25) is 9.10 Å². The van der Waals surface area contributed by atoms with Crippen molar-refractivity contribution in [3.05, 3.63) is 52.5 Å². The van der Waals surface area contributed by atoms with Gasteiger partial charge in [-0.05, 0) is 55.7 Å². The molecule has 0 spiro atoms. The number of benzene rings is 2. The SMILES string of the molecule is CC[C@@H](C(=O)NCCOc1cc(C)ccc1C)N(c1cc(Cl)ccc1OC)S(C)(=O)=O. The zero-order valence-corrected chi connectivity index (χ0v) is 20.0. The summed E-state index contributed by atoms with van der Waals surface area (Å²) in [5.74, 6) is 0.626. The molecule has 1 N–H and O–H groups in total. The number of nitrogens with one attached hydrogen (secondary N) is 1. The van der Waals surface area contributed by atoms with Gasteiger partial charge in [-0.15, -0.1) is 0 Å². The number of anilines is 1. The third-order valence-corrected chi connectivity index (χ3v) is 6.11. The molecule has 0 bridgehead atoms. The van der Waals surface area contributed by atoms with Crippen LogP contribution in [0.25, 0.3) is 0 Å². The molecule has 0 unspecified atom stereocenters. The van der Waals surface area contributed by atoms with Crippen molar-refractivity contribution in [2.24, 2.45) is 0 Å². The van der Waals surface area contributed by atoms with Crippen LogP contribution in [0, 0.1) is 13.8 Å². The summed E-state index contributed by atoms with van der Waals surface area (Å²) in [4.78, 5) is 12.9. The zero-order valence-electron chi connectivity index (χ0n) is 18.4. The van der Waals surface area contributed by atoms with E-state index in [0.717, 1.165) is 27.4 Å². The monoisotopic (exact) mass is 468 g/mol. The number of rotatable bonds is 10. The normalized spacial score (nSPS) is 12.2. The van der Waals surface area contributed by atoms with E-state index in [0.29, 0.717) is 10.8 Å².